The van der Waals surface area contributed by atoms with Crippen molar-refractivity contribution in [2.45, 2.75) is 10.1 Å². The Labute approximate surface area is 171 Å². The summed E-state index contributed by atoms with van der Waals surface area (Å²) in [7, 11) is -4.13. The minimum atomic E-state index is -4.13. The first-order valence-electron chi connectivity index (χ1n) is 8.16. The number of hydrogen-bond acceptors (Lipinski definition) is 5. The van der Waals surface area contributed by atoms with Crippen molar-refractivity contribution in [3.63, 3.8) is 0 Å². The van der Waals surface area contributed by atoms with Crippen LogP contribution in [-0.2, 0) is 14.8 Å². The number of aromatic nitrogens is 3. The molecule has 0 amide bonds. The van der Waals surface area contributed by atoms with Crippen LogP contribution in [0.2, 0.25) is 0 Å². The minimum Gasteiger partial charge on any atom is -0.382 e. The van der Waals surface area contributed by atoms with E-state index in [1.165, 1.54) is 12.2 Å². The number of anilines is 1. The predicted molar refractivity (Wildman–Crippen MR) is 111 cm³/mol. The standard InChI is InChI=1S/C18H15Cl2N5O2S/c19-12-2-1-8-18(16(12)20,28(22,26)27)11-5-3-10(4-6-11)15-14-13(7-9-23-15)24-25-17(14)21/h1-9,16H,(H3,21,24,25)(H2,22,26,27). The number of fused-ring (bicyclic) bond motifs is 1. The molecule has 0 bridgehead atoms. The van der Waals surface area contributed by atoms with E-state index in [0.29, 0.717) is 22.5 Å². The molecular weight excluding hydrogens is 421 g/mol. The molecular formula is C18H15Cl2N5O2S. The average Bonchev–Trinajstić information content (AvgIpc) is 3.05. The number of hydrogen-bond donors (Lipinski definition) is 3. The number of nitrogens with one attached hydrogen (secondary N) is 1. The van der Waals surface area contributed by atoms with Gasteiger partial charge in [-0.15, -0.1) is 11.6 Å². The van der Waals surface area contributed by atoms with Crippen LogP contribution >= 0.6 is 23.2 Å². The summed E-state index contributed by atoms with van der Waals surface area (Å²) in [5, 5.41) is 12.2. The molecule has 2 unspecified atom stereocenters. The van der Waals surface area contributed by atoms with Gasteiger partial charge in [-0.25, -0.2) is 13.6 Å². The second kappa shape index (κ2) is 6.59. The monoisotopic (exact) mass is 435 g/mol. The van der Waals surface area contributed by atoms with Gasteiger partial charge in [0.1, 0.15) is 0 Å². The average molecular weight is 436 g/mol. The van der Waals surface area contributed by atoms with Gasteiger partial charge in [0.15, 0.2) is 10.6 Å². The third-order valence-electron chi connectivity index (χ3n) is 4.80. The number of nitrogen functional groups attached to an aromatic ring is 1. The molecule has 28 heavy (non-hydrogen) atoms. The number of pyridine rings is 1. The summed E-state index contributed by atoms with van der Waals surface area (Å²) in [6.07, 6.45) is 6.17. The van der Waals surface area contributed by atoms with E-state index in [1.54, 1.807) is 42.6 Å². The molecule has 5 N–H and O–H groups in total. The van der Waals surface area contributed by atoms with Crippen LogP contribution in [0.3, 0.4) is 0 Å². The van der Waals surface area contributed by atoms with Crippen molar-refractivity contribution < 1.29 is 8.42 Å². The van der Waals surface area contributed by atoms with Gasteiger partial charge in [-0.2, -0.15) is 5.10 Å². The van der Waals surface area contributed by atoms with Crippen molar-refractivity contribution in [3.05, 3.63) is 65.4 Å². The molecule has 1 aromatic carbocycles. The predicted octanol–water partition coefficient (Wildman–Crippen LogP) is 2.99. The van der Waals surface area contributed by atoms with E-state index in [0.717, 1.165) is 11.1 Å². The van der Waals surface area contributed by atoms with E-state index in [2.05, 4.69) is 15.2 Å². The van der Waals surface area contributed by atoms with Gasteiger partial charge in [-0.1, -0.05) is 48.0 Å². The molecule has 0 radical (unpaired) electrons. The topological polar surface area (TPSA) is 128 Å². The fraction of sp³-hybridized carbons (Fsp3) is 0.111. The van der Waals surface area contributed by atoms with Crippen LogP contribution in [0.15, 0.2) is 59.8 Å². The first-order valence-corrected chi connectivity index (χ1v) is 10.5. The minimum absolute atomic E-state index is 0.194. The third-order valence-corrected chi connectivity index (χ3v) is 7.52. The Morgan fingerprint density at radius 1 is 1.18 bits per heavy atom. The fourth-order valence-corrected chi connectivity index (χ4v) is 5.50. The van der Waals surface area contributed by atoms with Gasteiger partial charge >= 0.3 is 0 Å². The Morgan fingerprint density at radius 2 is 1.89 bits per heavy atom. The van der Waals surface area contributed by atoms with E-state index in [4.69, 9.17) is 34.1 Å². The van der Waals surface area contributed by atoms with E-state index < -0.39 is 20.1 Å². The van der Waals surface area contributed by atoms with Crippen molar-refractivity contribution >= 4 is 49.9 Å². The molecule has 0 saturated heterocycles. The second-order valence-corrected chi connectivity index (χ2v) is 9.02. The van der Waals surface area contributed by atoms with E-state index in [9.17, 15) is 8.42 Å². The number of halogens is 2. The molecule has 1 aliphatic carbocycles. The lowest BCUT2D eigenvalue weighted by Crippen LogP contribution is -2.47. The number of alkyl halides is 1. The van der Waals surface area contributed by atoms with Crippen molar-refractivity contribution in [2.24, 2.45) is 5.14 Å². The molecule has 4 rings (SSSR count). The summed E-state index contributed by atoms with van der Waals surface area (Å²) in [5.74, 6) is 0.330. The van der Waals surface area contributed by atoms with Crippen LogP contribution in [0, 0.1) is 0 Å². The van der Waals surface area contributed by atoms with Crippen LogP contribution in [-0.4, -0.2) is 29.0 Å². The highest BCUT2D eigenvalue weighted by molar-refractivity contribution is 7.90. The smallest absolute Gasteiger partial charge is 0.224 e. The molecule has 10 heteroatoms. The lowest BCUT2D eigenvalue weighted by atomic mass is 9.89. The maximum atomic E-state index is 12.5. The highest BCUT2D eigenvalue weighted by atomic mass is 35.5. The maximum Gasteiger partial charge on any atom is 0.224 e. The number of sulfonamides is 1. The summed E-state index contributed by atoms with van der Waals surface area (Å²) < 4.78 is 23.4. The third kappa shape index (κ3) is 2.72. The van der Waals surface area contributed by atoms with Crippen LogP contribution in [0.5, 0.6) is 0 Å². The first-order chi connectivity index (χ1) is 13.3. The Kier molecular flexibility index (Phi) is 4.46. The summed E-state index contributed by atoms with van der Waals surface area (Å²) in [5.41, 5.74) is 8.45. The zero-order chi connectivity index (χ0) is 20.1. The summed E-state index contributed by atoms with van der Waals surface area (Å²) >= 11 is 12.5. The molecule has 0 fully saturated rings. The number of allylic oxidation sites excluding steroid dienone is 3. The van der Waals surface area contributed by atoms with Gasteiger partial charge in [0, 0.05) is 16.8 Å². The number of nitrogens with zero attached hydrogens (tertiary/aromatic N) is 2. The SMILES string of the molecule is Nc1n[nH]c2ccnc(-c3ccc(C4(S(N)(=O)=O)C=CC=C(Cl)C4Cl)cc3)c12. The number of rotatable bonds is 3. The van der Waals surface area contributed by atoms with Gasteiger partial charge in [0.05, 0.1) is 22.0 Å². The van der Waals surface area contributed by atoms with Crippen LogP contribution in [0.25, 0.3) is 22.2 Å². The highest BCUT2D eigenvalue weighted by Gasteiger charge is 2.49. The summed E-state index contributed by atoms with van der Waals surface area (Å²) in [4.78, 5) is 4.39. The number of benzene rings is 1. The lowest BCUT2D eigenvalue weighted by molar-refractivity contribution is 0.560. The van der Waals surface area contributed by atoms with Crippen molar-refractivity contribution in [1.29, 1.82) is 0 Å². The Balaban J connectivity index is 1.86. The number of nitrogens with two attached hydrogens (primary N) is 2. The largest absolute Gasteiger partial charge is 0.382 e. The normalized spacial score (nSPS) is 22.4. The van der Waals surface area contributed by atoms with E-state index in [1.807, 2.05) is 0 Å². The molecule has 0 saturated carbocycles. The fourth-order valence-electron chi connectivity index (χ4n) is 3.40. The van der Waals surface area contributed by atoms with Gasteiger partial charge in [-0.3, -0.25) is 10.1 Å². The molecule has 2 aromatic heterocycles. The molecule has 2 atom stereocenters. The van der Waals surface area contributed by atoms with Gasteiger partial charge in [0.25, 0.3) is 0 Å². The number of primary sulfonamides is 1. The number of aromatic amines is 1. The maximum absolute atomic E-state index is 12.5. The second-order valence-electron chi connectivity index (χ2n) is 6.38. The molecule has 3 aromatic rings. The van der Waals surface area contributed by atoms with Crippen LogP contribution in [0.4, 0.5) is 5.82 Å². The van der Waals surface area contributed by atoms with Crippen LogP contribution < -0.4 is 10.9 Å². The summed E-state index contributed by atoms with van der Waals surface area (Å²) in [6, 6.07) is 8.53. The van der Waals surface area contributed by atoms with Crippen molar-refractivity contribution in [3.8, 4) is 11.3 Å². The Morgan fingerprint density at radius 3 is 2.57 bits per heavy atom. The molecule has 144 valence electrons. The van der Waals surface area contributed by atoms with Crippen LogP contribution in [0.1, 0.15) is 5.56 Å². The molecule has 1 aliphatic rings. The van der Waals surface area contributed by atoms with Crippen molar-refractivity contribution in [2.75, 3.05) is 5.73 Å². The zero-order valence-corrected chi connectivity index (χ0v) is 16.6. The van der Waals surface area contributed by atoms with Gasteiger partial charge in [0.2, 0.25) is 10.0 Å². The first kappa shape index (κ1) is 18.9. The van der Waals surface area contributed by atoms with Gasteiger partial charge in [-0.05, 0) is 17.7 Å². The van der Waals surface area contributed by atoms with E-state index in [-0.39, 0.29) is 5.03 Å². The number of H-pyrrole nitrogens is 1. The molecule has 0 spiro atoms. The molecule has 2 heterocycles. The lowest BCUT2D eigenvalue weighted by Gasteiger charge is -2.35. The molecule has 0 aliphatic heterocycles. The van der Waals surface area contributed by atoms with Gasteiger partial charge < -0.3 is 5.73 Å². The Bertz CT molecular complexity index is 1230. The summed E-state index contributed by atoms with van der Waals surface area (Å²) in [6.45, 7) is 0. The molecule has 7 nitrogen and oxygen atoms in total. The zero-order valence-electron chi connectivity index (χ0n) is 14.3. The highest BCUT2D eigenvalue weighted by Crippen LogP contribution is 2.44. The quantitative estimate of drug-likeness (QED) is 0.544. The Hall–Kier alpha value is -2.39. The van der Waals surface area contributed by atoms with Crippen molar-refractivity contribution in [1.82, 2.24) is 15.2 Å². The van der Waals surface area contributed by atoms with E-state index >= 15 is 0 Å².